The maximum atomic E-state index is 12.0. The van der Waals surface area contributed by atoms with Crippen LogP contribution in [0.5, 0.6) is 0 Å². The van der Waals surface area contributed by atoms with Crippen molar-refractivity contribution in [3.63, 3.8) is 0 Å². The van der Waals surface area contributed by atoms with Gasteiger partial charge in [-0.15, -0.1) is 22.9 Å². The van der Waals surface area contributed by atoms with Gasteiger partial charge in [-0.25, -0.2) is 4.98 Å². The second-order valence-electron chi connectivity index (χ2n) is 3.69. The molecule has 6 heteroatoms. The molecule has 2 aromatic rings. The molecule has 3 nitrogen and oxygen atoms in total. The molecule has 1 amide bonds. The van der Waals surface area contributed by atoms with Crippen LogP contribution >= 0.6 is 34.5 Å². The van der Waals surface area contributed by atoms with Crippen molar-refractivity contribution in [3.05, 3.63) is 45.4 Å². The first-order valence-corrected chi connectivity index (χ1v) is 6.97. The van der Waals surface area contributed by atoms with Crippen LogP contribution in [0.2, 0.25) is 5.02 Å². The molecule has 0 spiro atoms. The number of hydrogen-bond acceptors (Lipinski definition) is 3. The standard InChI is InChI=1S/C12H10Cl2N2OS/c1-7-4-8(14)2-3-10(7)11(17)16-12-15-9(5-13)6-18-12/h2-4,6H,5H2,1H3,(H,15,16,17). The Hall–Kier alpha value is -1.10. The molecule has 1 N–H and O–H groups in total. The monoisotopic (exact) mass is 300 g/mol. The first-order chi connectivity index (χ1) is 8.60. The zero-order valence-electron chi connectivity index (χ0n) is 9.54. The fourth-order valence-electron chi connectivity index (χ4n) is 1.47. The number of nitrogens with zero attached hydrogens (tertiary/aromatic N) is 1. The number of thiazole rings is 1. The van der Waals surface area contributed by atoms with Crippen molar-refractivity contribution in [1.82, 2.24) is 4.98 Å². The van der Waals surface area contributed by atoms with E-state index in [1.54, 1.807) is 18.2 Å². The zero-order valence-corrected chi connectivity index (χ0v) is 11.9. The van der Waals surface area contributed by atoms with Gasteiger partial charge in [0.05, 0.1) is 11.6 Å². The van der Waals surface area contributed by atoms with Gasteiger partial charge >= 0.3 is 0 Å². The molecule has 0 unspecified atom stereocenters. The third-order valence-electron chi connectivity index (χ3n) is 2.34. The first-order valence-electron chi connectivity index (χ1n) is 5.18. The quantitative estimate of drug-likeness (QED) is 0.867. The summed E-state index contributed by atoms with van der Waals surface area (Å²) in [6, 6.07) is 5.14. The number of aryl methyl sites for hydroxylation is 1. The van der Waals surface area contributed by atoms with E-state index in [1.807, 2.05) is 12.3 Å². The van der Waals surface area contributed by atoms with Gasteiger partial charge in [0.1, 0.15) is 0 Å². The van der Waals surface area contributed by atoms with Gasteiger partial charge in [-0.2, -0.15) is 0 Å². The van der Waals surface area contributed by atoms with Gasteiger partial charge < -0.3 is 0 Å². The molecule has 0 fully saturated rings. The Bertz CT molecular complexity index is 583. The van der Waals surface area contributed by atoms with Crippen molar-refractivity contribution in [2.24, 2.45) is 0 Å². The molecule has 1 heterocycles. The second kappa shape index (κ2) is 5.69. The maximum Gasteiger partial charge on any atom is 0.257 e. The van der Waals surface area contributed by atoms with E-state index in [4.69, 9.17) is 23.2 Å². The summed E-state index contributed by atoms with van der Waals surface area (Å²) >= 11 is 12.9. The van der Waals surface area contributed by atoms with E-state index in [9.17, 15) is 4.79 Å². The van der Waals surface area contributed by atoms with Gasteiger partial charge in [-0.3, -0.25) is 10.1 Å². The molecule has 0 aliphatic carbocycles. The van der Waals surface area contributed by atoms with Crippen molar-refractivity contribution < 1.29 is 4.79 Å². The Morgan fingerprint density at radius 2 is 2.28 bits per heavy atom. The average molecular weight is 301 g/mol. The lowest BCUT2D eigenvalue weighted by Gasteiger charge is -2.05. The highest BCUT2D eigenvalue weighted by molar-refractivity contribution is 7.14. The minimum absolute atomic E-state index is 0.195. The van der Waals surface area contributed by atoms with Crippen molar-refractivity contribution in [3.8, 4) is 0 Å². The predicted octanol–water partition coefficient (Wildman–Crippen LogP) is 4.10. The van der Waals surface area contributed by atoms with Crippen molar-refractivity contribution in [1.29, 1.82) is 0 Å². The lowest BCUT2D eigenvalue weighted by molar-refractivity contribution is 0.102. The lowest BCUT2D eigenvalue weighted by atomic mass is 10.1. The number of amides is 1. The van der Waals surface area contributed by atoms with Crippen LogP contribution in [0.3, 0.4) is 0 Å². The van der Waals surface area contributed by atoms with Crippen molar-refractivity contribution in [2.45, 2.75) is 12.8 Å². The summed E-state index contributed by atoms with van der Waals surface area (Å²) in [5.74, 6) is 0.145. The van der Waals surface area contributed by atoms with Crippen LogP contribution < -0.4 is 5.32 Å². The minimum Gasteiger partial charge on any atom is -0.298 e. The molecule has 0 radical (unpaired) electrons. The lowest BCUT2D eigenvalue weighted by Crippen LogP contribution is -2.13. The molecule has 1 aromatic carbocycles. The number of hydrogen-bond donors (Lipinski definition) is 1. The normalized spacial score (nSPS) is 10.4. The van der Waals surface area contributed by atoms with Gasteiger partial charge in [0, 0.05) is 16.0 Å². The number of rotatable bonds is 3. The summed E-state index contributed by atoms with van der Waals surface area (Å²) in [5.41, 5.74) is 2.17. The van der Waals surface area contributed by atoms with E-state index < -0.39 is 0 Å². The van der Waals surface area contributed by atoms with E-state index in [2.05, 4.69) is 10.3 Å². The third-order valence-corrected chi connectivity index (χ3v) is 3.66. The van der Waals surface area contributed by atoms with Crippen LogP contribution in [0.15, 0.2) is 23.6 Å². The molecule has 18 heavy (non-hydrogen) atoms. The highest BCUT2D eigenvalue weighted by Gasteiger charge is 2.11. The number of anilines is 1. The fraction of sp³-hybridized carbons (Fsp3) is 0.167. The Labute approximate surface area is 119 Å². The molecule has 94 valence electrons. The topological polar surface area (TPSA) is 42.0 Å². The molecular formula is C12H10Cl2N2OS. The number of alkyl halides is 1. The fourth-order valence-corrected chi connectivity index (χ4v) is 2.63. The summed E-state index contributed by atoms with van der Waals surface area (Å²) in [7, 11) is 0. The largest absolute Gasteiger partial charge is 0.298 e. The van der Waals surface area contributed by atoms with Crippen LogP contribution in [-0.2, 0) is 5.88 Å². The summed E-state index contributed by atoms with van der Waals surface area (Å²) < 4.78 is 0. The van der Waals surface area contributed by atoms with Crippen LogP contribution in [0, 0.1) is 6.92 Å². The number of aromatic nitrogens is 1. The van der Waals surface area contributed by atoms with E-state index in [-0.39, 0.29) is 5.91 Å². The third kappa shape index (κ3) is 3.02. The molecule has 0 saturated carbocycles. The average Bonchev–Trinajstić information content (AvgIpc) is 2.76. The van der Waals surface area contributed by atoms with Crippen molar-refractivity contribution >= 4 is 45.6 Å². The number of benzene rings is 1. The Balaban J connectivity index is 2.16. The smallest absolute Gasteiger partial charge is 0.257 e. The van der Waals surface area contributed by atoms with E-state index in [1.165, 1.54) is 11.3 Å². The van der Waals surface area contributed by atoms with Crippen LogP contribution in [0.25, 0.3) is 0 Å². The van der Waals surface area contributed by atoms with Crippen LogP contribution in [-0.4, -0.2) is 10.9 Å². The molecule has 2 rings (SSSR count). The second-order valence-corrected chi connectivity index (χ2v) is 5.25. The van der Waals surface area contributed by atoms with Gasteiger partial charge in [-0.05, 0) is 30.7 Å². The van der Waals surface area contributed by atoms with Crippen LogP contribution in [0.1, 0.15) is 21.6 Å². The molecular weight excluding hydrogens is 291 g/mol. The summed E-state index contributed by atoms with van der Waals surface area (Å²) in [6.45, 7) is 1.84. The summed E-state index contributed by atoms with van der Waals surface area (Å²) in [6.07, 6.45) is 0. The highest BCUT2D eigenvalue weighted by Crippen LogP contribution is 2.20. The minimum atomic E-state index is -0.195. The predicted molar refractivity (Wildman–Crippen MR) is 75.8 cm³/mol. The maximum absolute atomic E-state index is 12.0. The van der Waals surface area contributed by atoms with Gasteiger partial charge in [0.15, 0.2) is 5.13 Å². The SMILES string of the molecule is Cc1cc(Cl)ccc1C(=O)Nc1nc(CCl)cs1. The van der Waals surface area contributed by atoms with Gasteiger partial charge in [-0.1, -0.05) is 11.6 Å². The van der Waals surface area contributed by atoms with Crippen molar-refractivity contribution in [2.75, 3.05) is 5.32 Å². The molecule has 0 aliphatic rings. The van der Waals surface area contributed by atoms with E-state index in [0.717, 1.165) is 11.3 Å². The first kappa shape index (κ1) is 13.3. The summed E-state index contributed by atoms with van der Waals surface area (Å²) in [5, 5.41) is 5.72. The molecule has 0 bridgehead atoms. The highest BCUT2D eigenvalue weighted by atomic mass is 35.5. The summed E-state index contributed by atoms with van der Waals surface area (Å²) in [4.78, 5) is 16.2. The Kier molecular flexibility index (Phi) is 4.22. The Morgan fingerprint density at radius 1 is 1.50 bits per heavy atom. The van der Waals surface area contributed by atoms with E-state index >= 15 is 0 Å². The molecule has 1 aromatic heterocycles. The van der Waals surface area contributed by atoms with E-state index in [0.29, 0.717) is 21.6 Å². The zero-order chi connectivity index (χ0) is 13.1. The molecule has 0 saturated heterocycles. The molecule has 0 atom stereocenters. The van der Waals surface area contributed by atoms with Gasteiger partial charge in [0.25, 0.3) is 5.91 Å². The number of carbonyl (C=O) groups is 1. The molecule has 0 aliphatic heterocycles. The number of nitrogens with one attached hydrogen (secondary N) is 1. The number of halogens is 2. The van der Waals surface area contributed by atoms with Crippen LogP contribution in [0.4, 0.5) is 5.13 Å². The van der Waals surface area contributed by atoms with Gasteiger partial charge in [0.2, 0.25) is 0 Å². The number of carbonyl (C=O) groups excluding carboxylic acids is 1. The Morgan fingerprint density at radius 3 is 2.89 bits per heavy atom.